The van der Waals surface area contributed by atoms with E-state index in [0.717, 1.165) is 10.5 Å². The summed E-state index contributed by atoms with van der Waals surface area (Å²) in [5.74, 6) is 0.0966. The molecule has 0 saturated heterocycles. The summed E-state index contributed by atoms with van der Waals surface area (Å²) in [6.45, 7) is 6.56. The van der Waals surface area contributed by atoms with Crippen LogP contribution in [-0.2, 0) is 4.79 Å². The molecular formula is C20H21ClN2OS. The van der Waals surface area contributed by atoms with Crippen molar-refractivity contribution in [2.75, 3.05) is 6.54 Å². The molecule has 0 radical (unpaired) electrons. The number of amides is 1. The number of hydrogen-bond acceptors (Lipinski definition) is 3. The summed E-state index contributed by atoms with van der Waals surface area (Å²) < 4.78 is 0. The van der Waals surface area contributed by atoms with Crippen LogP contribution in [0.4, 0.5) is 0 Å². The van der Waals surface area contributed by atoms with Gasteiger partial charge in [-0.1, -0.05) is 23.7 Å². The maximum atomic E-state index is 12.9. The van der Waals surface area contributed by atoms with Crippen molar-refractivity contribution in [3.8, 4) is 6.07 Å². The topological polar surface area (TPSA) is 44.1 Å². The average molecular weight is 373 g/mol. The van der Waals surface area contributed by atoms with Crippen LogP contribution < -0.4 is 0 Å². The van der Waals surface area contributed by atoms with Gasteiger partial charge in [0.05, 0.1) is 22.9 Å². The number of nitrogens with zero attached hydrogens (tertiary/aromatic N) is 2. The molecule has 0 saturated carbocycles. The zero-order valence-corrected chi connectivity index (χ0v) is 16.1. The molecule has 0 aliphatic rings. The SMILES string of the molecule is CCN(C(=O)C(C)Sc1ccc(Cl)cc1)C(C)c1ccc(C#N)cc1. The molecule has 0 heterocycles. The van der Waals surface area contributed by atoms with Gasteiger partial charge in [-0.25, -0.2) is 0 Å². The number of benzene rings is 2. The highest BCUT2D eigenvalue weighted by atomic mass is 35.5. The van der Waals surface area contributed by atoms with Gasteiger partial charge < -0.3 is 4.90 Å². The summed E-state index contributed by atoms with van der Waals surface area (Å²) in [5, 5.41) is 9.41. The zero-order valence-electron chi connectivity index (χ0n) is 14.6. The molecule has 0 aliphatic carbocycles. The van der Waals surface area contributed by atoms with Crippen LogP contribution >= 0.6 is 23.4 Å². The first-order chi connectivity index (χ1) is 12.0. The first-order valence-corrected chi connectivity index (χ1v) is 9.44. The third kappa shape index (κ3) is 5.01. The van der Waals surface area contributed by atoms with Crippen molar-refractivity contribution in [1.29, 1.82) is 5.26 Å². The molecule has 130 valence electrons. The van der Waals surface area contributed by atoms with E-state index in [0.29, 0.717) is 17.1 Å². The summed E-state index contributed by atoms with van der Waals surface area (Å²) in [7, 11) is 0. The Morgan fingerprint density at radius 2 is 1.76 bits per heavy atom. The lowest BCUT2D eigenvalue weighted by molar-refractivity contribution is -0.132. The van der Waals surface area contributed by atoms with Gasteiger partial charge >= 0.3 is 0 Å². The van der Waals surface area contributed by atoms with E-state index in [1.165, 1.54) is 11.8 Å². The van der Waals surface area contributed by atoms with Gasteiger partial charge in [0, 0.05) is 16.5 Å². The molecule has 1 amide bonds. The zero-order chi connectivity index (χ0) is 18.4. The molecule has 0 spiro atoms. The predicted octanol–water partition coefficient (Wildman–Crippen LogP) is 5.30. The molecule has 0 aliphatic heterocycles. The van der Waals surface area contributed by atoms with Gasteiger partial charge in [0.25, 0.3) is 0 Å². The maximum Gasteiger partial charge on any atom is 0.236 e. The molecule has 0 fully saturated rings. The fourth-order valence-electron chi connectivity index (χ4n) is 2.64. The molecule has 0 bridgehead atoms. The third-order valence-electron chi connectivity index (χ3n) is 4.09. The van der Waals surface area contributed by atoms with Gasteiger partial charge in [0.2, 0.25) is 5.91 Å². The maximum absolute atomic E-state index is 12.9. The molecule has 2 aromatic carbocycles. The standard InChI is InChI=1S/C20H21ClN2OS/c1-4-23(14(2)17-7-5-16(13-22)6-8-17)20(24)15(3)25-19-11-9-18(21)10-12-19/h5-12,14-15H,4H2,1-3H3. The van der Waals surface area contributed by atoms with Crippen molar-refractivity contribution in [2.45, 2.75) is 37.0 Å². The molecule has 25 heavy (non-hydrogen) atoms. The Morgan fingerprint density at radius 3 is 2.28 bits per heavy atom. The Kier molecular flexibility index (Phi) is 6.92. The molecule has 3 nitrogen and oxygen atoms in total. The number of thioether (sulfide) groups is 1. The highest BCUT2D eigenvalue weighted by molar-refractivity contribution is 8.00. The Hall–Kier alpha value is -1.96. The number of hydrogen-bond donors (Lipinski definition) is 0. The number of rotatable bonds is 6. The van der Waals surface area contributed by atoms with Gasteiger partial charge in [0.15, 0.2) is 0 Å². The summed E-state index contributed by atoms with van der Waals surface area (Å²) >= 11 is 7.44. The number of carbonyl (C=O) groups is 1. The first kappa shape index (κ1) is 19.4. The van der Waals surface area contributed by atoms with Crippen LogP contribution in [0.3, 0.4) is 0 Å². The van der Waals surface area contributed by atoms with Crippen LogP contribution in [0.15, 0.2) is 53.4 Å². The average Bonchev–Trinajstić information content (AvgIpc) is 2.64. The van der Waals surface area contributed by atoms with Crippen LogP contribution in [0, 0.1) is 11.3 Å². The van der Waals surface area contributed by atoms with Gasteiger partial charge in [-0.15, -0.1) is 11.8 Å². The monoisotopic (exact) mass is 372 g/mol. The minimum absolute atomic E-state index is 0.0430. The fourth-order valence-corrected chi connectivity index (χ4v) is 3.70. The van der Waals surface area contributed by atoms with E-state index in [4.69, 9.17) is 16.9 Å². The molecule has 5 heteroatoms. The van der Waals surface area contributed by atoms with Crippen LogP contribution in [0.1, 0.15) is 37.9 Å². The number of carbonyl (C=O) groups excluding carboxylic acids is 1. The Balaban J connectivity index is 2.10. The first-order valence-electron chi connectivity index (χ1n) is 8.19. The third-order valence-corrected chi connectivity index (χ3v) is 5.44. The molecule has 2 unspecified atom stereocenters. The van der Waals surface area contributed by atoms with E-state index in [1.54, 1.807) is 12.1 Å². The normalized spacial score (nSPS) is 12.9. The smallest absolute Gasteiger partial charge is 0.236 e. The largest absolute Gasteiger partial charge is 0.335 e. The number of halogens is 1. The van der Waals surface area contributed by atoms with Crippen LogP contribution in [0.5, 0.6) is 0 Å². The van der Waals surface area contributed by atoms with E-state index in [2.05, 4.69) is 6.07 Å². The highest BCUT2D eigenvalue weighted by Gasteiger charge is 2.25. The molecule has 0 aromatic heterocycles. The van der Waals surface area contributed by atoms with Gasteiger partial charge in [0.1, 0.15) is 0 Å². The summed E-state index contributed by atoms with van der Waals surface area (Å²) in [6, 6.07) is 17.0. The predicted molar refractivity (Wildman–Crippen MR) is 104 cm³/mol. The van der Waals surface area contributed by atoms with Crippen molar-refractivity contribution >= 4 is 29.3 Å². The number of nitriles is 1. The van der Waals surface area contributed by atoms with E-state index in [-0.39, 0.29) is 17.2 Å². The molecular weight excluding hydrogens is 352 g/mol. The Morgan fingerprint density at radius 1 is 1.16 bits per heavy atom. The van der Waals surface area contributed by atoms with Crippen molar-refractivity contribution < 1.29 is 4.79 Å². The Labute approximate surface area is 158 Å². The van der Waals surface area contributed by atoms with Crippen LogP contribution in [0.2, 0.25) is 5.02 Å². The lowest BCUT2D eigenvalue weighted by Crippen LogP contribution is -2.38. The second-order valence-corrected chi connectivity index (χ2v) is 7.60. The molecule has 0 N–H and O–H groups in total. The Bertz CT molecular complexity index is 753. The van der Waals surface area contributed by atoms with Crippen molar-refractivity contribution in [3.05, 3.63) is 64.7 Å². The minimum Gasteiger partial charge on any atom is -0.335 e. The van der Waals surface area contributed by atoms with E-state index < -0.39 is 0 Å². The van der Waals surface area contributed by atoms with E-state index in [1.807, 2.05) is 62.1 Å². The minimum atomic E-state index is -0.193. The summed E-state index contributed by atoms with van der Waals surface area (Å²) in [5.41, 5.74) is 1.65. The van der Waals surface area contributed by atoms with Crippen molar-refractivity contribution in [3.63, 3.8) is 0 Å². The van der Waals surface area contributed by atoms with E-state index in [9.17, 15) is 4.79 Å². The lowest BCUT2D eigenvalue weighted by atomic mass is 10.0. The lowest BCUT2D eigenvalue weighted by Gasteiger charge is -2.30. The van der Waals surface area contributed by atoms with Gasteiger partial charge in [-0.3, -0.25) is 4.79 Å². The second kappa shape index (κ2) is 8.94. The highest BCUT2D eigenvalue weighted by Crippen LogP contribution is 2.28. The van der Waals surface area contributed by atoms with Crippen molar-refractivity contribution in [2.24, 2.45) is 0 Å². The van der Waals surface area contributed by atoms with Crippen LogP contribution in [0.25, 0.3) is 0 Å². The summed E-state index contributed by atoms with van der Waals surface area (Å²) in [6.07, 6.45) is 0. The second-order valence-electron chi connectivity index (χ2n) is 5.75. The van der Waals surface area contributed by atoms with E-state index >= 15 is 0 Å². The van der Waals surface area contributed by atoms with Crippen molar-refractivity contribution in [1.82, 2.24) is 4.90 Å². The fraction of sp³-hybridized carbons (Fsp3) is 0.300. The quantitative estimate of drug-likeness (QED) is 0.646. The summed E-state index contributed by atoms with van der Waals surface area (Å²) in [4.78, 5) is 15.8. The molecule has 2 aromatic rings. The molecule has 2 atom stereocenters. The van der Waals surface area contributed by atoms with Gasteiger partial charge in [-0.05, 0) is 62.7 Å². The van der Waals surface area contributed by atoms with Gasteiger partial charge in [-0.2, -0.15) is 5.26 Å². The molecule has 2 rings (SSSR count). The van der Waals surface area contributed by atoms with Crippen LogP contribution in [-0.4, -0.2) is 22.6 Å².